The molecule has 2 aromatic carbocycles. The largest absolute Gasteiger partial charge is 0.480 e. The van der Waals surface area contributed by atoms with Crippen molar-refractivity contribution >= 4 is 25.4 Å². The van der Waals surface area contributed by atoms with Crippen LogP contribution in [-0.2, 0) is 31.9 Å². The van der Waals surface area contributed by atoms with E-state index in [9.17, 15) is 34.1 Å². The molecule has 0 saturated carbocycles. The van der Waals surface area contributed by atoms with Crippen LogP contribution < -0.4 is 5.32 Å². The quantitative estimate of drug-likeness (QED) is 0.0718. The van der Waals surface area contributed by atoms with Gasteiger partial charge in [0.15, 0.2) is 5.41 Å². The molecule has 0 aliphatic rings. The van der Waals surface area contributed by atoms with E-state index in [4.69, 9.17) is 10.3 Å². The average Bonchev–Trinajstić information content (AvgIpc) is 2.85. The minimum atomic E-state index is -4.68. The maximum absolute atomic E-state index is 13.5. The Bertz CT molecular complexity index is 1130. The first kappa shape index (κ1) is 28.4. The van der Waals surface area contributed by atoms with Gasteiger partial charge in [-0.05, 0) is 29.5 Å². The summed E-state index contributed by atoms with van der Waals surface area (Å²) in [5.41, 5.74) is 7.00. The van der Waals surface area contributed by atoms with Crippen molar-refractivity contribution < 1.29 is 38.8 Å². The third-order valence-electron chi connectivity index (χ3n) is 5.50. The van der Waals surface area contributed by atoms with Gasteiger partial charge in [-0.3, -0.25) is 14.2 Å². The molecule has 36 heavy (non-hydrogen) atoms. The number of azide groups is 1. The summed E-state index contributed by atoms with van der Waals surface area (Å²) in [5.74, 6) is -5.15. The second-order valence-electron chi connectivity index (χ2n) is 8.08. The lowest BCUT2D eigenvalue weighted by Crippen LogP contribution is -2.46. The molecule has 2 atom stereocenters. The first-order chi connectivity index (χ1) is 17.1. The highest BCUT2D eigenvalue weighted by Gasteiger charge is 2.52. The Morgan fingerprint density at radius 2 is 1.58 bits per heavy atom. The number of hydrogen-bond acceptors (Lipinski definition) is 6. The highest BCUT2D eigenvalue weighted by atomic mass is 31.2. The molecule has 2 rings (SSSR count). The lowest BCUT2D eigenvalue weighted by atomic mass is 9.85. The van der Waals surface area contributed by atoms with Gasteiger partial charge in [0, 0.05) is 17.9 Å². The lowest BCUT2D eigenvalue weighted by molar-refractivity contribution is -0.163. The van der Waals surface area contributed by atoms with Crippen molar-refractivity contribution in [1.82, 2.24) is 5.32 Å². The van der Waals surface area contributed by atoms with E-state index in [-0.39, 0.29) is 26.0 Å². The molecule has 0 aliphatic heterocycles. The molecule has 0 spiro atoms. The van der Waals surface area contributed by atoms with Crippen LogP contribution in [0.5, 0.6) is 0 Å². The van der Waals surface area contributed by atoms with Gasteiger partial charge in [-0.15, -0.1) is 0 Å². The van der Waals surface area contributed by atoms with Crippen molar-refractivity contribution in [3.05, 3.63) is 82.2 Å². The number of nitrogens with zero attached hydrogens (tertiary/aromatic N) is 3. The Kier molecular flexibility index (Phi) is 10.5. The highest BCUT2D eigenvalue weighted by Crippen LogP contribution is 2.52. The summed E-state index contributed by atoms with van der Waals surface area (Å²) < 4.78 is 18.7. The summed E-state index contributed by atoms with van der Waals surface area (Å²) in [6.45, 7) is -0.305. The van der Waals surface area contributed by atoms with Crippen molar-refractivity contribution in [2.45, 2.75) is 31.7 Å². The van der Waals surface area contributed by atoms with Gasteiger partial charge in [0.25, 0.3) is 0 Å². The van der Waals surface area contributed by atoms with E-state index in [0.717, 1.165) is 0 Å². The Labute approximate surface area is 207 Å². The maximum Gasteiger partial charge on any atom is 0.408 e. The number of amides is 1. The molecule has 0 saturated heterocycles. The molecular formula is C23H27N4O8P. The lowest BCUT2D eigenvalue weighted by Gasteiger charge is -2.31. The molecule has 192 valence electrons. The number of rotatable bonds is 14. The van der Waals surface area contributed by atoms with E-state index in [1.165, 1.54) is 0 Å². The third-order valence-corrected chi connectivity index (χ3v) is 7.77. The standard InChI is InChI=1S/C23H27N4O8P/c24-27-25-13-7-12-23(20(28)29,21(30)31)16-36(33,34)19(14-17-8-3-1-4-9-17)26-22(32)35-15-18-10-5-2-6-11-18/h1-6,8-11,19H,7,12-16H2,(H,26,32)(H,28,29)(H,30,31)(H,33,34). The third kappa shape index (κ3) is 8.13. The van der Waals surface area contributed by atoms with Gasteiger partial charge in [-0.1, -0.05) is 65.8 Å². The second kappa shape index (κ2) is 13.3. The van der Waals surface area contributed by atoms with E-state index in [2.05, 4.69) is 15.3 Å². The summed E-state index contributed by atoms with van der Waals surface area (Å²) in [6.07, 6.45) is -3.05. The molecule has 0 bridgehead atoms. The van der Waals surface area contributed by atoms with Gasteiger partial charge in [0.2, 0.25) is 7.37 Å². The SMILES string of the molecule is [N-]=[N+]=NCCCC(CP(=O)(O)C(Cc1ccccc1)NC(=O)OCc1ccccc1)(C(=O)O)C(=O)O. The van der Waals surface area contributed by atoms with E-state index < -0.39 is 49.2 Å². The topological polar surface area (TPSA) is 199 Å². The molecule has 2 aromatic rings. The van der Waals surface area contributed by atoms with Gasteiger partial charge < -0.3 is 25.2 Å². The van der Waals surface area contributed by atoms with E-state index in [1.54, 1.807) is 60.7 Å². The zero-order chi connectivity index (χ0) is 26.6. The van der Waals surface area contributed by atoms with Gasteiger partial charge in [-0.2, -0.15) is 0 Å². The number of carbonyl (C=O) groups excluding carboxylic acids is 1. The number of aliphatic carboxylic acids is 2. The number of ether oxygens (including phenoxy) is 1. The van der Waals surface area contributed by atoms with Crippen molar-refractivity contribution in [1.29, 1.82) is 0 Å². The predicted molar refractivity (Wildman–Crippen MR) is 129 cm³/mol. The van der Waals surface area contributed by atoms with Crippen LogP contribution in [-0.4, -0.2) is 51.6 Å². The highest BCUT2D eigenvalue weighted by molar-refractivity contribution is 7.58. The van der Waals surface area contributed by atoms with Crippen LogP contribution >= 0.6 is 7.37 Å². The zero-order valence-corrected chi connectivity index (χ0v) is 20.2. The maximum atomic E-state index is 13.5. The summed E-state index contributed by atoms with van der Waals surface area (Å²) >= 11 is 0. The number of carbonyl (C=O) groups is 3. The molecule has 12 nitrogen and oxygen atoms in total. The summed E-state index contributed by atoms with van der Waals surface area (Å²) in [7, 11) is -4.68. The molecule has 0 aliphatic carbocycles. The van der Waals surface area contributed by atoms with Crippen LogP contribution in [0, 0.1) is 5.41 Å². The van der Waals surface area contributed by atoms with Crippen molar-refractivity contribution in [2.24, 2.45) is 10.5 Å². The summed E-state index contributed by atoms with van der Waals surface area (Å²) in [5, 5.41) is 25.1. The monoisotopic (exact) mass is 518 g/mol. The van der Waals surface area contributed by atoms with Crippen molar-refractivity contribution in [3.63, 3.8) is 0 Å². The number of carboxylic acid groups (broad SMARTS) is 2. The minimum Gasteiger partial charge on any atom is -0.480 e. The van der Waals surface area contributed by atoms with Crippen LogP contribution in [0.1, 0.15) is 24.0 Å². The molecular weight excluding hydrogens is 491 g/mol. The fraction of sp³-hybridized carbons (Fsp3) is 0.348. The average molecular weight is 518 g/mol. The summed E-state index contributed by atoms with van der Waals surface area (Å²) in [4.78, 5) is 50.1. The van der Waals surface area contributed by atoms with Crippen LogP contribution in [0.2, 0.25) is 0 Å². The molecule has 0 heterocycles. The first-order valence-corrected chi connectivity index (χ1v) is 12.8. The Morgan fingerprint density at radius 1 is 1.03 bits per heavy atom. The predicted octanol–water partition coefficient (Wildman–Crippen LogP) is 4.00. The van der Waals surface area contributed by atoms with Gasteiger partial charge in [-0.25, -0.2) is 4.79 Å². The molecule has 4 N–H and O–H groups in total. The number of hydrogen-bond donors (Lipinski definition) is 4. The van der Waals surface area contributed by atoms with Crippen LogP contribution in [0.15, 0.2) is 65.8 Å². The number of carboxylic acids is 2. The van der Waals surface area contributed by atoms with E-state index in [1.807, 2.05) is 0 Å². The number of alkyl carbamates (subject to hydrolysis) is 1. The Morgan fingerprint density at radius 3 is 2.11 bits per heavy atom. The molecule has 2 unspecified atom stereocenters. The second-order valence-corrected chi connectivity index (χ2v) is 10.5. The Hall–Kier alpha value is -3.85. The van der Waals surface area contributed by atoms with Gasteiger partial charge in [0.05, 0.1) is 6.16 Å². The van der Waals surface area contributed by atoms with Crippen LogP contribution in [0.25, 0.3) is 10.4 Å². The Balaban J connectivity index is 2.30. The smallest absolute Gasteiger partial charge is 0.408 e. The number of nitrogens with one attached hydrogen (secondary N) is 1. The normalized spacial score (nSPS) is 13.5. The molecule has 0 aromatic heterocycles. The zero-order valence-electron chi connectivity index (χ0n) is 19.3. The molecule has 0 fully saturated rings. The fourth-order valence-electron chi connectivity index (χ4n) is 3.55. The van der Waals surface area contributed by atoms with Crippen molar-refractivity contribution in [3.8, 4) is 0 Å². The van der Waals surface area contributed by atoms with Crippen molar-refractivity contribution in [2.75, 3.05) is 12.7 Å². The molecule has 1 amide bonds. The first-order valence-electron chi connectivity index (χ1n) is 10.9. The molecule has 13 heteroatoms. The van der Waals surface area contributed by atoms with Crippen LogP contribution in [0.3, 0.4) is 0 Å². The van der Waals surface area contributed by atoms with E-state index >= 15 is 0 Å². The van der Waals surface area contributed by atoms with Gasteiger partial charge in [0.1, 0.15) is 12.4 Å². The van der Waals surface area contributed by atoms with E-state index in [0.29, 0.717) is 11.1 Å². The van der Waals surface area contributed by atoms with Gasteiger partial charge >= 0.3 is 18.0 Å². The van der Waals surface area contributed by atoms with Crippen LogP contribution in [0.4, 0.5) is 4.79 Å². The molecule has 0 radical (unpaired) electrons. The minimum absolute atomic E-state index is 0.117. The number of benzene rings is 2. The summed E-state index contributed by atoms with van der Waals surface area (Å²) in [6, 6.07) is 17.1. The fourth-order valence-corrected chi connectivity index (χ4v) is 5.77.